The molecule has 0 aliphatic carbocycles. The van der Waals surface area contributed by atoms with E-state index in [0.717, 1.165) is 14.9 Å². The van der Waals surface area contributed by atoms with Gasteiger partial charge >= 0.3 is 0 Å². The molecule has 90 valence electrons. The van der Waals surface area contributed by atoms with Crippen molar-refractivity contribution in [3.8, 4) is 5.75 Å². The van der Waals surface area contributed by atoms with Crippen molar-refractivity contribution in [1.29, 1.82) is 0 Å². The molecule has 0 fully saturated rings. The van der Waals surface area contributed by atoms with Gasteiger partial charge < -0.3 is 10.5 Å². The highest BCUT2D eigenvalue weighted by Crippen LogP contribution is 2.25. The maximum Gasteiger partial charge on any atom is 0.165 e. The van der Waals surface area contributed by atoms with Gasteiger partial charge in [0.2, 0.25) is 0 Å². The maximum atomic E-state index is 13.6. The molecule has 0 saturated carbocycles. The Hall–Kier alpha value is -0.910. The van der Waals surface area contributed by atoms with E-state index >= 15 is 0 Å². The highest BCUT2D eigenvalue weighted by molar-refractivity contribution is 9.10. The summed E-state index contributed by atoms with van der Waals surface area (Å²) in [6.07, 6.45) is 0. The van der Waals surface area contributed by atoms with Gasteiger partial charge in [-0.15, -0.1) is 11.3 Å². The van der Waals surface area contributed by atoms with E-state index in [2.05, 4.69) is 15.9 Å². The first kappa shape index (κ1) is 12.5. The van der Waals surface area contributed by atoms with Gasteiger partial charge in [-0.25, -0.2) is 4.39 Å². The van der Waals surface area contributed by atoms with E-state index in [9.17, 15) is 4.39 Å². The van der Waals surface area contributed by atoms with Gasteiger partial charge in [-0.3, -0.25) is 0 Å². The van der Waals surface area contributed by atoms with Crippen LogP contribution in [0.2, 0.25) is 0 Å². The molecule has 2 nitrogen and oxygen atoms in total. The molecule has 0 aliphatic heterocycles. The number of benzene rings is 1. The Morgan fingerprint density at radius 2 is 2.18 bits per heavy atom. The number of rotatable bonds is 4. The SMILES string of the molecule is NCc1ccc(OCc2sccc2Br)c(F)c1. The van der Waals surface area contributed by atoms with E-state index in [0.29, 0.717) is 13.2 Å². The summed E-state index contributed by atoms with van der Waals surface area (Å²) in [6, 6.07) is 6.72. The summed E-state index contributed by atoms with van der Waals surface area (Å²) in [6.45, 7) is 0.685. The van der Waals surface area contributed by atoms with E-state index in [-0.39, 0.29) is 11.6 Å². The molecule has 0 bridgehead atoms. The Morgan fingerprint density at radius 3 is 2.76 bits per heavy atom. The minimum atomic E-state index is -0.374. The molecule has 2 N–H and O–H groups in total. The number of ether oxygens (including phenoxy) is 1. The quantitative estimate of drug-likeness (QED) is 0.934. The molecule has 0 saturated heterocycles. The van der Waals surface area contributed by atoms with Gasteiger partial charge in [0.05, 0.1) is 4.88 Å². The third-order valence-corrected chi connectivity index (χ3v) is 4.18. The summed E-state index contributed by atoms with van der Waals surface area (Å²) < 4.78 is 20.0. The van der Waals surface area contributed by atoms with Crippen molar-refractivity contribution in [2.75, 3.05) is 0 Å². The lowest BCUT2D eigenvalue weighted by Crippen LogP contribution is -2.00. The summed E-state index contributed by atoms with van der Waals surface area (Å²) in [5, 5.41) is 1.96. The van der Waals surface area contributed by atoms with Crippen LogP contribution < -0.4 is 10.5 Å². The Balaban J connectivity index is 2.07. The predicted molar refractivity (Wildman–Crippen MR) is 70.6 cm³/mol. The number of hydrogen-bond acceptors (Lipinski definition) is 3. The van der Waals surface area contributed by atoms with Gasteiger partial charge in [0.1, 0.15) is 6.61 Å². The van der Waals surface area contributed by atoms with Crippen molar-refractivity contribution < 1.29 is 9.13 Å². The fourth-order valence-corrected chi connectivity index (χ4v) is 2.74. The van der Waals surface area contributed by atoms with Gasteiger partial charge in [-0.1, -0.05) is 6.07 Å². The molecule has 0 unspecified atom stereocenters. The molecule has 1 aromatic carbocycles. The lowest BCUT2D eigenvalue weighted by Gasteiger charge is -2.07. The number of thiophene rings is 1. The Kier molecular flexibility index (Phi) is 4.15. The molecule has 17 heavy (non-hydrogen) atoms. The number of halogens is 2. The van der Waals surface area contributed by atoms with Crippen LogP contribution in [0.25, 0.3) is 0 Å². The first-order valence-corrected chi connectivity index (χ1v) is 6.71. The van der Waals surface area contributed by atoms with Crippen molar-refractivity contribution in [3.05, 3.63) is 50.4 Å². The largest absolute Gasteiger partial charge is 0.485 e. The van der Waals surface area contributed by atoms with Crippen LogP contribution in [0.15, 0.2) is 34.1 Å². The minimum absolute atomic E-state index is 0.252. The molecule has 1 heterocycles. The van der Waals surface area contributed by atoms with Gasteiger partial charge in [-0.2, -0.15) is 0 Å². The zero-order valence-corrected chi connectivity index (χ0v) is 11.4. The second-order valence-corrected chi connectivity index (χ2v) is 5.30. The third kappa shape index (κ3) is 3.06. The summed E-state index contributed by atoms with van der Waals surface area (Å²) in [7, 11) is 0. The average molecular weight is 316 g/mol. The second-order valence-electron chi connectivity index (χ2n) is 3.45. The van der Waals surface area contributed by atoms with E-state index in [1.165, 1.54) is 6.07 Å². The van der Waals surface area contributed by atoms with Crippen LogP contribution in [0, 0.1) is 5.82 Å². The monoisotopic (exact) mass is 315 g/mol. The number of nitrogens with two attached hydrogens (primary N) is 1. The van der Waals surface area contributed by atoms with Crippen LogP contribution in [0.1, 0.15) is 10.4 Å². The maximum absolute atomic E-state index is 13.6. The molecule has 2 rings (SSSR count). The van der Waals surface area contributed by atoms with E-state index in [4.69, 9.17) is 10.5 Å². The minimum Gasteiger partial charge on any atom is -0.485 e. The second kappa shape index (κ2) is 5.62. The molecule has 0 radical (unpaired) electrons. The summed E-state index contributed by atoms with van der Waals surface area (Å²) in [5.74, 6) is -0.122. The van der Waals surface area contributed by atoms with Crippen molar-refractivity contribution in [3.63, 3.8) is 0 Å². The van der Waals surface area contributed by atoms with Crippen LogP contribution in [-0.2, 0) is 13.2 Å². The molecular weight excluding hydrogens is 305 g/mol. The number of hydrogen-bond donors (Lipinski definition) is 1. The van der Waals surface area contributed by atoms with Crippen LogP contribution in [-0.4, -0.2) is 0 Å². The average Bonchev–Trinajstić information content (AvgIpc) is 2.73. The predicted octanol–water partition coefficient (Wildman–Crippen LogP) is 3.69. The Labute approximate surface area is 111 Å². The van der Waals surface area contributed by atoms with E-state index in [1.807, 2.05) is 11.4 Å². The zero-order valence-electron chi connectivity index (χ0n) is 8.95. The van der Waals surface area contributed by atoms with Crippen LogP contribution in [0.5, 0.6) is 5.75 Å². The summed E-state index contributed by atoms with van der Waals surface area (Å²) >= 11 is 4.97. The van der Waals surface area contributed by atoms with Crippen LogP contribution in [0.3, 0.4) is 0 Å². The fraction of sp³-hybridized carbons (Fsp3) is 0.167. The van der Waals surface area contributed by atoms with Crippen molar-refractivity contribution in [2.24, 2.45) is 5.73 Å². The molecule has 2 aromatic rings. The molecule has 0 aliphatic rings. The topological polar surface area (TPSA) is 35.2 Å². The smallest absolute Gasteiger partial charge is 0.165 e. The molecule has 0 amide bonds. The van der Waals surface area contributed by atoms with Crippen LogP contribution >= 0.6 is 27.3 Å². The highest BCUT2D eigenvalue weighted by atomic mass is 79.9. The van der Waals surface area contributed by atoms with Gasteiger partial charge in [0.15, 0.2) is 11.6 Å². The zero-order chi connectivity index (χ0) is 12.3. The molecule has 1 aromatic heterocycles. The molecular formula is C12H11BrFNOS. The van der Waals surface area contributed by atoms with Crippen LogP contribution in [0.4, 0.5) is 4.39 Å². The lowest BCUT2D eigenvalue weighted by molar-refractivity contribution is 0.293. The normalized spacial score (nSPS) is 10.5. The van der Waals surface area contributed by atoms with E-state index in [1.54, 1.807) is 23.5 Å². The van der Waals surface area contributed by atoms with E-state index < -0.39 is 0 Å². The highest BCUT2D eigenvalue weighted by Gasteiger charge is 2.07. The summed E-state index contributed by atoms with van der Waals surface area (Å²) in [4.78, 5) is 1.03. The van der Waals surface area contributed by atoms with Crippen molar-refractivity contribution in [1.82, 2.24) is 0 Å². The van der Waals surface area contributed by atoms with Gasteiger partial charge in [-0.05, 0) is 45.1 Å². The lowest BCUT2D eigenvalue weighted by atomic mass is 10.2. The first-order chi connectivity index (χ1) is 8.20. The third-order valence-electron chi connectivity index (χ3n) is 2.28. The molecule has 0 atom stereocenters. The Morgan fingerprint density at radius 1 is 1.35 bits per heavy atom. The molecule has 0 spiro atoms. The van der Waals surface area contributed by atoms with Crippen molar-refractivity contribution >= 4 is 27.3 Å². The van der Waals surface area contributed by atoms with Crippen molar-refractivity contribution in [2.45, 2.75) is 13.2 Å². The summed E-state index contributed by atoms with van der Waals surface area (Å²) in [5.41, 5.74) is 6.18. The molecule has 5 heteroatoms. The standard InChI is InChI=1S/C12H11BrFNOS/c13-9-3-4-17-12(9)7-16-11-2-1-8(6-15)5-10(11)14/h1-5H,6-7,15H2. The Bertz CT molecular complexity index is 515. The fourth-order valence-electron chi connectivity index (χ4n) is 1.36. The first-order valence-electron chi connectivity index (χ1n) is 5.04. The van der Waals surface area contributed by atoms with Gasteiger partial charge in [0, 0.05) is 11.0 Å². The van der Waals surface area contributed by atoms with Gasteiger partial charge in [0.25, 0.3) is 0 Å².